The van der Waals surface area contributed by atoms with Crippen LogP contribution in [0.25, 0.3) is 0 Å². The van der Waals surface area contributed by atoms with E-state index in [1.807, 2.05) is 23.1 Å². The van der Waals surface area contributed by atoms with Gasteiger partial charge < -0.3 is 4.90 Å². The second-order valence-electron chi connectivity index (χ2n) is 7.03. The van der Waals surface area contributed by atoms with Crippen molar-refractivity contribution in [1.29, 1.82) is 0 Å². The molecule has 1 amide bonds. The van der Waals surface area contributed by atoms with Crippen LogP contribution >= 0.6 is 0 Å². The SMILES string of the molecule is CN1CCN(C(=O)CCCC(=O)c2ccc(F)cc2)CC1c1ccccc1. The third-order valence-electron chi connectivity index (χ3n) is 5.15. The van der Waals surface area contributed by atoms with Crippen molar-refractivity contribution >= 4 is 11.7 Å². The monoisotopic (exact) mass is 368 g/mol. The zero-order chi connectivity index (χ0) is 19.2. The van der Waals surface area contributed by atoms with E-state index in [2.05, 4.69) is 24.1 Å². The van der Waals surface area contributed by atoms with Crippen LogP contribution in [0.5, 0.6) is 0 Å². The number of hydrogen-bond acceptors (Lipinski definition) is 3. The number of carbonyl (C=O) groups excluding carboxylic acids is 2. The molecule has 4 nitrogen and oxygen atoms in total. The fourth-order valence-corrected chi connectivity index (χ4v) is 3.47. The Labute approximate surface area is 159 Å². The van der Waals surface area contributed by atoms with Crippen LogP contribution in [-0.2, 0) is 4.79 Å². The van der Waals surface area contributed by atoms with E-state index in [4.69, 9.17) is 0 Å². The molecule has 27 heavy (non-hydrogen) atoms. The lowest BCUT2D eigenvalue weighted by molar-refractivity contribution is -0.134. The molecular weight excluding hydrogens is 343 g/mol. The first-order valence-electron chi connectivity index (χ1n) is 9.36. The Morgan fingerprint density at radius 1 is 1.00 bits per heavy atom. The van der Waals surface area contributed by atoms with E-state index in [0.717, 1.165) is 6.54 Å². The predicted molar refractivity (Wildman–Crippen MR) is 103 cm³/mol. The molecule has 3 rings (SSSR count). The van der Waals surface area contributed by atoms with E-state index in [1.54, 1.807) is 0 Å². The Hall–Kier alpha value is -2.53. The molecule has 2 aromatic rings. The highest BCUT2D eigenvalue weighted by Crippen LogP contribution is 2.24. The molecule has 2 aromatic carbocycles. The minimum Gasteiger partial charge on any atom is -0.339 e. The van der Waals surface area contributed by atoms with Gasteiger partial charge in [0.2, 0.25) is 5.91 Å². The summed E-state index contributed by atoms with van der Waals surface area (Å²) in [5.41, 5.74) is 1.71. The number of likely N-dealkylation sites (N-methyl/N-ethyl adjacent to an activating group) is 1. The summed E-state index contributed by atoms with van der Waals surface area (Å²) in [4.78, 5) is 28.9. The number of ketones is 1. The number of halogens is 1. The quantitative estimate of drug-likeness (QED) is 0.730. The van der Waals surface area contributed by atoms with Gasteiger partial charge in [0.25, 0.3) is 0 Å². The molecule has 1 aliphatic rings. The molecule has 0 aromatic heterocycles. The van der Waals surface area contributed by atoms with Gasteiger partial charge >= 0.3 is 0 Å². The van der Waals surface area contributed by atoms with Crippen LogP contribution in [0.2, 0.25) is 0 Å². The van der Waals surface area contributed by atoms with Crippen LogP contribution < -0.4 is 0 Å². The summed E-state index contributed by atoms with van der Waals surface area (Å²) in [7, 11) is 2.08. The van der Waals surface area contributed by atoms with Crippen molar-refractivity contribution in [2.24, 2.45) is 0 Å². The highest BCUT2D eigenvalue weighted by molar-refractivity contribution is 5.96. The normalized spacial score (nSPS) is 17.7. The van der Waals surface area contributed by atoms with Gasteiger partial charge in [0, 0.05) is 38.0 Å². The molecule has 1 saturated heterocycles. The fourth-order valence-electron chi connectivity index (χ4n) is 3.47. The third-order valence-corrected chi connectivity index (χ3v) is 5.15. The average molecular weight is 368 g/mol. The van der Waals surface area contributed by atoms with Crippen molar-refractivity contribution in [1.82, 2.24) is 9.80 Å². The maximum atomic E-state index is 12.9. The van der Waals surface area contributed by atoms with Gasteiger partial charge in [-0.3, -0.25) is 14.5 Å². The smallest absolute Gasteiger partial charge is 0.222 e. The van der Waals surface area contributed by atoms with Gasteiger partial charge in [0.05, 0.1) is 6.04 Å². The molecule has 0 radical (unpaired) electrons. The first-order valence-corrected chi connectivity index (χ1v) is 9.36. The lowest BCUT2D eigenvalue weighted by Gasteiger charge is -2.39. The van der Waals surface area contributed by atoms with Gasteiger partial charge in [-0.1, -0.05) is 30.3 Å². The standard InChI is InChI=1S/C22H25FN2O2/c1-24-14-15-25(16-20(24)17-6-3-2-4-7-17)22(27)9-5-8-21(26)18-10-12-19(23)13-11-18/h2-4,6-7,10-13,20H,5,8-9,14-16H2,1H3. The Bertz CT molecular complexity index is 777. The summed E-state index contributed by atoms with van der Waals surface area (Å²) >= 11 is 0. The zero-order valence-electron chi connectivity index (χ0n) is 15.6. The summed E-state index contributed by atoms with van der Waals surface area (Å²) in [5.74, 6) is -0.316. The Morgan fingerprint density at radius 2 is 1.70 bits per heavy atom. The van der Waals surface area contributed by atoms with Crippen molar-refractivity contribution < 1.29 is 14.0 Å². The number of amides is 1. The second-order valence-corrected chi connectivity index (χ2v) is 7.03. The Balaban J connectivity index is 1.50. The minimum absolute atomic E-state index is 0.0525. The molecule has 0 bridgehead atoms. The molecule has 0 saturated carbocycles. The van der Waals surface area contributed by atoms with E-state index < -0.39 is 0 Å². The molecule has 1 heterocycles. The van der Waals surface area contributed by atoms with Crippen LogP contribution in [0.15, 0.2) is 54.6 Å². The number of rotatable bonds is 6. The largest absolute Gasteiger partial charge is 0.339 e. The Kier molecular flexibility index (Phi) is 6.35. The van der Waals surface area contributed by atoms with Gasteiger partial charge in [-0.15, -0.1) is 0 Å². The number of hydrogen-bond donors (Lipinski definition) is 0. The van der Waals surface area contributed by atoms with Crippen LogP contribution in [0.3, 0.4) is 0 Å². The summed E-state index contributed by atoms with van der Waals surface area (Å²) in [5, 5.41) is 0. The topological polar surface area (TPSA) is 40.6 Å². The van der Waals surface area contributed by atoms with E-state index in [9.17, 15) is 14.0 Å². The van der Waals surface area contributed by atoms with Crippen molar-refractivity contribution in [2.75, 3.05) is 26.7 Å². The number of nitrogens with zero attached hydrogens (tertiary/aromatic N) is 2. The van der Waals surface area contributed by atoms with Gasteiger partial charge in [0.1, 0.15) is 5.82 Å². The number of piperazine rings is 1. The molecule has 0 aliphatic carbocycles. The molecule has 0 spiro atoms. The van der Waals surface area contributed by atoms with Crippen LogP contribution in [-0.4, -0.2) is 48.2 Å². The highest BCUT2D eigenvalue weighted by Gasteiger charge is 2.28. The number of Topliss-reactive ketones (excluding diaryl/α,β-unsaturated/α-hetero) is 1. The molecule has 1 unspecified atom stereocenters. The maximum absolute atomic E-state index is 12.9. The van der Waals surface area contributed by atoms with E-state index >= 15 is 0 Å². The van der Waals surface area contributed by atoms with Crippen molar-refractivity contribution in [3.8, 4) is 0 Å². The first kappa shape index (κ1) is 19.2. The number of benzene rings is 2. The second kappa shape index (κ2) is 8.91. The lowest BCUT2D eigenvalue weighted by atomic mass is 10.0. The number of carbonyl (C=O) groups is 2. The van der Waals surface area contributed by atoms with E-state index in [-0.39, 0.29) is 23.5 Å². The minimum atomic E-state index is -0.357. The molecular formula is C22H25FN2O2. The van der Waals surface area contributed by atoms with Crippen molar-refractivity contribution in [3.63, 3.8) is 0 Å². The van der Waals surface area contributed by atoms with E-state index in [1.165, 1.54) is 29.8 Å². The lowest BCUT2D eigenvalue weighted by Crippen LogP contribution is -2.48. The molecule has 1 fully saturated rings. The van der Waals surface area contributed by atoms with Crippen LogP contribution in [0.1, 0.15) is 41.2 Å². The summed E-state index contributed by atoms with van der Waals surface area (Å²) < 4.78 is 12.9. The van der Waals surface area contributed by atoms with Crippen molar-refractivity contribution in [2.45, 2.75) is 25.3 Å². The highest BCUT2D eigenvalue weighted by atomic mass is 19.1. The van der Waals surface area contributed by atoms with Gasteiger partial charge in [-0.25, -0.2) is 4.39 Å². The predicted octanol–water partition coefficient (Wildman–Crippen LogP) is 3.69. The van der Waals surface area contributed by atoms with Gasteiger partial charge in [-0.2, -0.15) is 0 Å². The fraction of sp³-hybridized carbons (Fsp3) is 0.364. The molecule has 1 aliphatic heterocycles. The van der Waals surface area contributed by atoms with Gasteiger partial charge in [-0.05, 0) is 43.3 Å². The van der Waals surface area contributed by atoms with E-state index in [0.29, 0.717) is 37.9 Å². The summed E-state index contributed by atoms with van der Waals surface area (Å²) in [6, 6.07) is 16.0. The molecule has 142 valence electrons. The molecule has 5 heteroatoms. The zero-order valence-corrected chi connectivity index (χ0v) is 15.6. The average Bonchev–Trinajstić information content (AvgIpc) is 2.69. The first-order chi connectivity index (χ1) is 13.0. The molecule has 0 N–H and O–H groups in total. The molecule has 1 atom stereocenters. The summed E-state index contributed by atoms with van der Waals surface area (Å²) in [6.07, 6.45) is 1.17. The van der Waals surface area contributed by atoms with Gasteiger partial charge in [0.15, 0.2) is 5.78 Å². The van der Waals surface area contributed by atoms with Crippen LogP contribution in [0.4, 0.5) is 4.39 Å². The Morgan fingerprint density at radius 3 is 2.41 bits per heavy atom. The summed E-state index contributed by atoms with van der Waals surface area (Å²) in [6.45, 7) is 2.22. The maximum Gasteiger partial charge on any atom is 0.222 e. The third kappa shape index (κ3) is 5.01. The van der Waals surface area contributed by atoms with Crippen molar-refractivity contribution in [3.05, 3.63) is 71.5 Å². The van der Waals surface area contributed by atoms with Crippen LogP contribution in [0, 0.1) is 5.82 Å².